The van der Waals surface area contributed by atoms with E-state index in [1.165, 1.54) is 385 Å². The normalized spacial score (nSPS) is 12.5. The first-order valence-corrected chi connectivity index (χ1v) is 39.4. The van der Waals surface area contributed by atoms with Crippen LogP contribution in [0.5, 0.6) is 0 Å². The Bertz CT molecular complexity index is 1290. The monoisotopic (exact) mass is 1200 g/mol. The van der Waals surface area contributed by atoms with E-state index in [1.54, 1.807) is 0 Å². The molecule has 2 atom stereocenters. The van der Waals surface area contributed by atoms with E-state index in [1.807, 2.05) is 0 Å². The van der Waals surface area contributed by atoms with Gasteiger partial charge in [0.25, 0.3) is 0 Å². The summed E-state index contributed by atoms with van der Waals surface area (Å²) in [5.74, 6) is -0.00172. The largest absolute Gasteiger partial charge is 0.466 e. The summed E-state index contributed by atoms with van der Waals surface area (Å²) < 4.78 is 5.52. The molecule has 0 heterocycles. The van der Waals surface area contributed by atoms with Crippen molar-refractivity contribution in [1.29, 1.82) is 0 Å². The van der Waals surface area contributed by atoms with Crippen LogP contribution in [0.1, 0.15) is 457 Å². The molecule has 6 nitrogen and oxygen atoms in total. The lowest BCUT2D eigenvalue weighted by atomic mass is 10.0. The Labute approximate surface area is 533 Å². The average molecular weight is 1200 g/mol. The van der Waals surface area contributed by atoms with Gasteiger partial charge in [-0.1, -0.05) is 405 Å². The number of amides is 1. The molecule has 0 bridgehead atoms. The highest BCUT2D eigenvalue weighted by molar-refractivity contribution is 5.76. The predicted molar refractivity (Wildman–Crippen MR) is 375 cm³/mol. The Hall–Kier alpha value is -1.40. The number of carbonyl (C=O) groups excluding carboxylic acids is 2. The summed E-state index contributed by atoms with van der Waals surface area (Å²) in [6.07, 6.45) is 94.5. The van der Waals surface area contributed by atoms with Crippen molar-refractivity contribution in [1.82, 2.24) is 5.32 Å². The number of unbranched alkanes of at least 4 members (excludes halogenated alkanes) is 62. The third kappa shape index (κ3) is 71.6. The predicted octanol–water partition coefficient (Wildman–Crippen LogP) is 25.9. The smallest absolute Gasteiger partial charge is 0.305 e. The lowest BCUT2D eigenvalue weighted by Crippen LogP contribution is -2.45. The molecular weight excluding hydrogens is 1040 g/mol. The van der Waals surface area contributed by atoms with E-state index < -0.39 is 12.1 Å². The molecule has 0 saturated carbocycles. The second-order valence-electron chi connectivity index (χ2n) is 27.4. The standard InChI is InChI=1S/C79H155NO5/c1-3-5-7-9-11-13-15-17-19-20-41-45-49-53-57-61-65-69-73-79(84)85-74-70-66-62-58-54-50-46-42-39-37-35-33-31-29-27-25-23-21-22-24-26-28-30-32-34-36-38-40-44-48-52-56-60-64-68-72-78(83)80-76(75-81)77(82)71-67-63-59-55-51-47-43-18-16-14-12-10-8-6-4-2/h23,25,76-77,81-82H,3-22,24,26-75H2,1-2H3,(H,80,83)/b25-23-. The number of ether oxygens (including phenoxy) is 1. The number of rotatable bonds is 75. The molecule has 1 amide bonds. The van der Waals surface area contributed by atoms with Gasteiger partial charge in [0.15, 0.2) is 0 Å². The van der Waals surface area contributed by atoms with Crippen molar-refractivity contribution in [3.8, 4) is 0 Å². The van der Waals surface area contributed by atoms with Gasteiger partial charge in [0.2, 0.25) is 5.91 Å². The van der Waals surface area contributed by atoms with Crippen LogP contribution in [0.2, 0.25) is 0 Å². The molecule has 0 aliphatic heterocycles. The molecule has 0 aromatic rings. The molecule has 85 heavy (non-hydrogen) atoms. The quantitative estimate of drug-likeness (QED) is 0.0320. The highest BCUT2D eigenvalue weighted by Crippen LogP contribution is 2.20. The van der Waals surface area contributed by atoms with Crippen LogP contribution in [-0.2, 0) is 14.3 Å². The number of hydrogen-bond acceptors (Lipinski definition) is 5. The van der Waals surface area contributed by atoms with Gasteiger partial charge < -0.3 is 20.3 Å². The second kappa shape index (κ2) is 75.1. The Morgan fingerprint density at radius 3 is 0.835 bits per heavy atom. The van der Waals surface area contributed by atoms with Crippen molar-refractivity contribution in [3.63, 3.8) is 0 Å². The van der Waals surface area contributed by atoms with E-state index in [0.29, 0.717) is 25.9 Å². The van der Waals surface area contributed by atoms with Gasteiger partial charge in [0, 0.05) is 12.8 Å². The molecule has 0 aromatic heterocycles. The molecule has 3 N–H and O–H groups in total. The van der Waals surface area contributed by atoms with Crippen LogP contribution in [0.15, 0.2) is 12.2 Å². The molecule has 0 saturated heterocycles. The fourth-order valence-electron chi connectivity index (χ4n) is 12.8. The fraction of sp³-hybridized carbons (Fsp3) is 0.949. The zero-order valence-electron chi connectivity index (χ0n) is 58.1. The maximum absolute atomic E-state index is 12.5. The third-order valence-corrected chi connectivity index (χ3v) is 18.8. The van der Waals surface area contributed by atoms with Crippen molar-refractivity contribution in [2.45, 2.75) is 469 Å². The first kappa shape index (κ1) is 83.6. The summed E-state index contributed by atoms with van der Waals surface area (Å²) in [5.41, 5.74) is 0. The maximum Gasteiger partial charge on any atom is 0.305 e. The van der Waals surface area contributed by atoms with Crippen LogP contribution in [-0.4, -0.2) is 47.4 Å². The summed E-state index contributed by atoms with van der Waals surface area (Å²) in [4.78, 5) is 24.6. The van der Waals surface area contributed by atoms with Crippen molar-refractivity contribution in [3.05, 3.63) is 12.2 Å². The van der Waals surface area contributed by atoms with E-state index in [2.05, 4.69) is 31.3 Å². The minimum Gasteiger partial charge on any atom is -0.466 e. The molecular formula is C79H155NO5. The zero-order chi connectivity index (χ0) is 61.3. The van der Waals surface area contributed by atoms with E-state index in [4.69, 9.17) is 4.74 Å². The van der Waals surface area contributed by atoms with Crippen molar-refractivity contribution in [2.24, 2.45) is 0 Å². The van der Waals surface area contributed by atoms with Crippen LogP contribution in [0.25, 0.3) is 0 Å². The molecule has 2 unspecified atom stereocenters. The molecule has 0 rings (SSSR count). The van der Waals surface area contributed by atoms with Gasteiger partial charge in [-0.25, -0.2) is 0 Å². The van der Waals surface area contributed by atoms with Gasteiger partial charge in [0.1, 0.15) is 0 Å². The van der Waals surface area contributed by atoms with Crippen LogP contribution < -0.4 is 5.32 Å². The minimum absolute atomic E-state index is 0.0258. The molecule has 0 aliphatic rings. The average Bonchev–Trinajstić information content (AvgIpc) is 3.52. The minimum atomic E-state index is -0.661. The van der Waals surface area contributed by atoms with Crippen molar-refractivity contribution in [2.75, 3.05) is 13.2 Å². The summed E-state index contributed by atoms with van der Waals surface area (Å²) in [5, 5.41) is 23.4. The first-order chi connectivity index (χ1) is 42.0. The van der Waals surface area contributed by atoms with Gasteiger partial charge in [-0.2, -0.15) is 0 Å². The Balaban J connectivity index is 3.31. The molecule has 6 heteroatoms. The molecule has 0 aromatic carbocycles. The van der Waals surface area contributed by atoms with Gasteiger partial charge in [0.05, 0.1) is 25.4 Å². The number of nitrogens with one attached hydrogen (secondary N) is 1. The Morgan fingerprint density at radius 2 is 0.553 bits per heavy atom. The second-order valence-corrected chi connectivity index (χ2v) is 27.4. The van der Waals surface area contributed by atoms with E-state index in [-0.39, 0.29) is 18.5 Å². The zero-order valence-corrected chi connectivity index (χ0v) is 58.1. The maximum atomic E-state index is 12.5. The van der Waals surface area contributed by atoms with Crippen LogP contribution in [0, 0.1) is 0 Å². The van der Waals surface area contributed by atoms with Crippen molar-refractivity contribution < 1.29 is 24.5 Å². The number of aliphatic hydroxyl groups is 2. The van der Waals surface area contributed by atoms with Gasteiger partial charge >= 0.3 is 5.97 Å². The van der Waals surface area contributed by atoms with Crippen LogP contribution in [0.4, 0.5) is 0 Å². The number of aliphatic hydroxyl groups excluding tert-OH is 2. The summed E-state index contributed by atoms with van der Waals surface area (Å²) in [6.45, 7) is 5.01. The van der Waals surface area contributed by atoms with E-state index in [9.17, 15) is 19.8 Å². The topological polar surface area (TPSA) is 95.9 Å². The highest BCUT2D eigenvalue weighted by Gasteiger charge is 2.20. The molecule has 0 fully saturated rings. The van der Waals surface area contributed by atoms with Crippen LogP contribution >= 0.6 is 0 Å². The lowest BCUT2D eigenvalue weighted by Gasteiger charge is -2.22. The summed E-state index contributed by atoms with van der Waals surface area (Å²) in [7, 11) is 0. The first-order valence-electron chi connectivity index (χ1n) is 39.4. The fourth-order valence-corrected chi connectivity index (χ4v) is 12.8. The molecule has 0 radical (unpaired) electrons. The van der Waals surface area contributed by atoms with Gasteiger partial charge in [-0.05, 0) is 51.4 Å². The summed E-state index contributed by atoms with van der Waals surface area (Å²) >= 11 is 0. The lowest BCUT2D eigenvalue weighted by molar-refractivity contribution is -0.143. The van der Waals surface area contributed by atoms with Gasteiger partial charge in [-0.15, -0.1) is 0 Å². The molecule has 0 aliphatic carbocycles. The number of esters is 1. The number of allylic oxidation sites excluding steroid dienone is 2. The van der Waals surface area contributed by atoms with E-state index in [0.717, 1.165) is 38.5 Å². The van der Waals surface area contributed by atoms with Crippen LogP contribution in [0.3, 0.4) is 0 Å². The molecule has 506 valence electrons. The van der Waals surface area contributed by atoms with Crippen molar-refractivity contribution >= 4 is 11.9 Å². The number of carbonyl (C=O) groups is 2. The Kier molecular flexibility index (Phi) is 73.8. The third-order valence-electron chi connectivity index (χ3n) is 18.8. The molecule has 0 spiro atoms. The SMILES string of the molecule is CCCCCCCCCCCCCCCCCCCCC(=O)OCCCCCCCCCCCCCCCC/C=C\CCCCCCCCCCCCCCCCCCCC(=O)NC(CO)C(O)CCCCCCCCCCCCCCCCC. The summed E-state index contributed by atoms with van der Waals surface area (Å²) in [6, 6.07) is -0.538. The highest BCUT2D eigenvalue weighted by atomic mass is 16.5. The number of hydrogen-bond donors (Lipinski definition) is 3. The van der Waals surface area contributed by atoms with Gasteiger partial charge in [-0.3, -0.25) is 9.59 Å². The van der Waals surface area contributed by atoms with E-state index >= 15 is 0 Å². The Morgan fingerprint density at radius 1 is 0.318 bits per heavy atom.